The van der Waals surface area contributed by atoms with E-state index in [9.17, 15) is 17.6 Å². The largest absolute Gasteiger partial charge is 0.455 e. The molecule has 0 atom stereocenters. The molecule has 0 radical (unpaired) electrons. The summed E-state index contributed by atoms with van der Waals surface area (Å²) < 4.78 is 47.0. The van der Waals surface area contributed by atoms with Crippen LogP contribution in [0.2, 0.25) is 0 Å². The number of halogens is 1. The maximum absolute atomic E-state index is 13.4. The van der Waals surface area contributed by atoms with Crippen molar-refractivity contribution in [3.05, 3.63) is 72.3 Å². The van der Waals surface area contributed by atoms with E-state index in [1.165, 1.54) is 47.9 Å². The molecule has 0 saturated heterocycles. The Morgan fingerprint density at radius 1 is 1.16 bits per heavy atom. The van der Waals surface area contributed by atoms with E-state index in [1.807, 2.05) is 0 Å². The van der Waals surface area contributed by atoms with Gasteiger partial charge in [-0.25, -0.2) is 17.1 Å². The van der Waals surface area contributed by atoms with E-state index in [4.69, 9.17) is 10.2 Å². The number of hydrogen-bond donors (Lipinski definition) is 1. The summed E-state index contributed by atoms with van der Waals surface area (Å²) in [7, 11) is -2.39. The molecule has 0 aliphatic rings. The van der Waals surface area contributed by atoms with Gasteiger partial charge in [-0.3, -0.25) is 9.78 Å². The van der Waals surface area contributed by atoms with E-state index < -0.39 is 21.7 Å². The van der Waals surface area contributed by atoms with Gasteiger partial charge in [-0.15, -0.1) is 0 Å². The van der Waals surface area contributed by atoms with Crippen molar-refractivity contribution in [1.82, 2.24) is 9.29 Å². The highest BCUT2D eigenvalue weighted by molar-refractivity contribution is 7.89. The van der Waals surface area contributed by atoms with E-state index in [0.717, 1.165) is 0 Å². The molecular weight excluding hydrogens is 433 g/mol. The Kier molecular flexibility index (Phi) is 5.53. The van der Waals surface area contributed by atoms with Gasteiger partial charge >= 0.3 is 0 Å². The van der Waals surface area contributed by atoms with Crippen LogP contribution >= 0.6 is 0 Å². The van der Waals surface area contributed by atoms with E-state index in [0.29, 0.717) is 22.1 Å². The molecule has 4 rings (SSSR count). The Morgan fingerprint density at radius 2 is 1.88 bits per heavy atom. The number of amides is 1. The highest BCUT2D eigenvalue weighted by Gasteiger charge is 2.28. The number of primary amides is 1. The number of hydrogen-bond acceptors (Lipinski definition) is 5. The van der Waals surface area contributed by atoms with Gasteiger partial charge in [0.15, 0.2) is 0 Å². The normalized spacial score (nSPS) is 11.9. The smallest absolute Gasteiger partial charge is 0.253 e. The lowest BCUT2D eigenvalue weighted by Crippen LogP contribution is -2.27. The van der Waals surface area contributed by atoms with Gasteiger partial charge < -0.3 is 10.2 Å². The molecule has 4 aromatic rings. The summed E-state index contributed by atoms with van der Waals surface area (Å²) in [5, 5.41) is 0.355. The van der Waals surface area contributed by atoms with Crippen LogP contribution in [0.1, 0.15) is 17.3 Å². The van der Waals surface area contributed by atoms with Gasteiger partial charge in [-0.05, 0) is 36.4 Å². The molecule has 0 spiro atoms. The van der Waals surface area contributed by atoms with Crippen LogP contribution in [-0.2, 0) is 10.0 Å². The van der Waals surface area contributed by atoms with Crippen LogP contribution in [0.5, 0.6) is 0 Å². The molecule has 0 saturated carbocycles. The predicted molar refractivity (Wildman–Crippen MR) is 119 cm³/mol. The number of furan rings is 1. The summed E-state index contributed by atoms with van der Waals surface area (Å²) in [4.78, 5) is 16.5. The fourth-order valence-corrected chi connectivity index (χ4v) is 4.86. The van der Waals surface area contributed by atoms with Crippen molar-refractivity contribution in [2.75, 3.05) is 13.6 Å². The summed E-state index contributed by atoms with van der Waals surface area (Å²) in [6.07, 6.45) is 3.12. The number of carbonyl (C=O) groups is 1. The van der Waals surface area contributed by atoms with Crippen molar-refractivity contribution in [3.63, 3.8) is 0 Å². The van der Waals surface area contributed by atoms with Crippen LogP contribution < -0.4 is 5.73 Å². The Morgan fingerprint density at radius 3 is 2.47 bits per heavy atom. The first-order chi connectivity index (χ1) is 15.2. The first-order valence-electron chi connectivity index (χ1n) is 9.77. The Labute approximate surface area is 184 Å². The highest BCUT2D eigenvalue weighted by atomic mass is 32.2. The van der Waals surface area contributed by atoms with Crippen LogP contribution in [0.15, 0.2) is 70.2 Å². The molecule has 9 heteroatoms. The molecule has 32 heavy (non-hydrogen) atoms. The van der Waals surface area contributed by atoms with Gasteiger partial charge in [0, 0.05) is 54.1 Å². The number of rotatable bonds is 6. The SMILES string of the molecule is CCN(C)S(=O)(=O)c1cc2oc(-c3ccc(F)cc3)c(C(N)=O)c2cc1-c1cccnc1. The average molecular weight is 453 g/mol. The minimum atomic E-state index is -3.87. The lowest BCUT2D eigenvalue weighted by Gasteiger charge is -2.18. The summed E-state index contributed by atoms with van der Waals surface area (Å²) in [6, 6.07) is 11.8. The van der Waals surface area contributed by atoms with Gasteiger partial charge in [0.1, 0.15) is 17.2 Å². The zero-order valence-corrected chi connectivity index (χ0v) is 18.2. The third kappa shape index (κ3) is 3.65. The van der Waals surface area contributed by atoms with Crippen molar-refractivity contribution in [2.45, 2.75) is 11.8 Å². The number of nitrogens with two attached hydrogens (primary N) is 1. The van der Waals surface area contributed by atoms with Crippen LogP contribution in [-0.4, -0.2) is 37.2 Å². The van der Waals surface area contributed by atoms with Crippen molar-refractivity contribution in [2.24, 2.45) is 5.73 Å². The monoisotopic (exact) mass is 453 g/mol. The lowest BCUT2D eigenvalue weighted by atomic mass is 10.0. The first-order valence-corrected chi connectivity index (χ1v) is 11.2. The third-order valence-corrected chi connectivity index (χ3v) is 7.22. The molecule has 2 aromatic carbocycles. The van der Waals surface area contributed by atoms with E-state index >= 15 is 0 Å². The number of sulfonamides is 1. The fourth-order valence-electron chi connectivity index (χ4n) is 3.47. The molecule has 2 heterocycles. The van der Waals surface area contributed by atoms with Crippen molar-refractivity contribution >= 4 is 26.9 Å². The standard InChI is InChI=1S/C23H20FN3O4S/c1-3-27(2)32(29,30)20-12-19-18(11-17(20)15-5-4-10-26-13-15)21(23(25)28)22(31-19)14-6-8-16(24)9-7-14/h4-13H,3H2,1-2H3,(H2,25,28). The number of pyridine rings is 1. The molecule has 0 unspecified atom stereocenters. The first kappa shape index (κ1) is 21.7. The Hall–Kier alpha value is -3.56. The Bertz CT molecular complexity index is 1420. The molecular formula is C23H20FN3O4S. The van der Waals surface area contributed by atoms with Crippen LogP contribution in [0, 0.1) is 5.82 Å². The van der Waals surface area contributed by atoms with Crippen molar-refractivity contribution in [1.29, 1.82) is 0 Å². The second-order valence-electron chi connectivity index (χ2n) is 7.18. The molecule has 7 nitrogen and oxygen atoms in total. The van der Waals surface area contributed by atoms with E-state index in [2.05, 4.69) is 4.98 Å². The lowest BCUT2D eigenvalue weighted by molar-refractivity contribution is 0.100. The van der Waals surface area contributed by atoms with E-state index in [-0.39, 0.29) is 28.3 Å². The number of fused-ring (bicyclic) bond motifs is 1. The molecule has 2 aromatic heterocycles. The zero-order chi connectivity index (χ0) is 23.0. The zero-order valence-electron chi connectivity index (χ0n) is 17.4. The maximum Gasteiger partial charge on any atom is 0.253 e. The summed E-state index contributed by atoms with van der Waals surface area (Å²) in [6.45, 7) is 1.99. The molecule has 2 N–H and O–H groups in total. The summed E-state index contributed by atoms with van der Waals surface area (Å²) in [5.41, 5.74) is 7.28. The quantitative estimate of drug-likeness (QED) is 0.474. The maximum atomic E-state index is 13.4. The van der Waals surface area contributed by atoms with Crippen molar-refractivity contribution < 1.29 is 22.0 Å². The third-order valence-electron chi connectivity index (χ3n) is 5.25. The molecule has 0 bridgehead atoms. The minimum Gasteiger partial charge on any atom is -0.455 e. The van der Waals surface area contributed by atoms with Crippen LogP contribution in [0.4, 0.5) is 4.39 Å². The highest BCUT2D eigenvalue weighted by Crippen LogP contribution is 2.39. The van der Waals surface area contributed by atoms with Gasteiger partial charge in [-0.1, -0.05) is 13.0 Å². The number of aromatic nitrogens is 1. The van der Waals surface area contributed by atoms with Crippen molar-refractivity contribution in [3.8, 4) is 22.5 Å². The average Bonchev–Trinajstić information content (AvgIpc) is 3.17. The number of carbonyl (C=O) groups excluding carboxylic acids is 1. The number of nitrogens with zero attached hydrogens (tertiary/aromatic N) is 2. The van der Waals surface area contributed by atoms with Gasteiger partial charge in [-0.2, -0.15) is 0 Å². The van der Waals surface area contributed by atoms with Gasteiger partial charge in [0.05, 0.1) is 10.5 Å². The second-order valence-corrected chi connectivity index (χ2v) is 9.20. The van der Waals surface area contributed by atoms with Gasteiger partial charge in [0.2, 0.25) is 10.0 Å². The van der Waals surface area contributed by atoms with Crippen LogP contribution in [0.3, 0.4) is 0 Å². The van der Waals surface area contributed by atoms with Crippen LogP contribution in [0.25, 0.3) is 33.4 Å². The van der Waals surface area contributed by atoms with E-state index in [1.54, 1.807) is 31.3 Å². The summed E-state index contributed by atoms with van der Waals surface area (Å²) in [5.74, 6) is -1.05. The molecule has 1 amide bonds. The molecule has 0 aliphatic carbocycles. The molecule has 0 aliphatic heterocycles. The molecule has 0 fully saturated rings. The topological polar surface area (TPSA) is 107 Å². The van der Waals surface area contributed by atoms with Gasteiger partial charge in [0.25, 0.3) is 5.91 Å². The minimum absolute atomic E-state index is 0.0118. The number of benzene rings is 2. The second kappa shape index (κ2) is 8.18. The predicted octanol–water partition coefficient (Wildman–Crippen LogP) is 4.04. The summed E-state index contributed by atoms with van der Waals surface area (Å²) >= 11 is 0. The molecule has 164 valence electrons. The Balaban J connectivity index is 2.08. The fraction of sp³-hybridized carbons (Fsp3) is 0.130.